The summed E-state index contributed by atoms with van der Waals surface area (Å²) in [4.78, 5) is 4.04. The number of ether oxygens (including phenoxy) is 3. The van der Waals surface area contributed by atoms with Crippen LogP contribution in [0.15, 0.2) is 65.8 Å². The summed E-state index contributed by atoms with van der Waals surface area (Å²) < 4.78 is 60.1. The van der Waals surface area contributed by atoms with Gasteiger partial charge in [0.15, 0.2) is 23.2 Å². The highest BCUT2D eigenvalue weighted by Crippen LogP contribution is 2.40. The van der Waals surface area contributed by atoms with Crippen molar-refractivity contribution in [2.24, 2.45) is 16.6 Å². The van der Waals surface area contributed by atoms with Crippen LogP contribution in [0.25, 0.3) is 0 Å². The molecule has 0 saturated heterocycles. The van der Waals surface area contributed by atoms with E-state index in [-0.39, 0.29) is 17.2 Å². The molecule has 2 aromatic rings. The van der Waals surface area contributed by atoms with Gasteiger partial charge >= 0.3 is 0 Å². The molecular formula is C24H31FN6O5S. The minimum atomic E-state index is -3.81. The van der Waals surface area contributed by atoms with Crippen LogP contribution in [0.1, 0.15) is 12.8 Å². The fourth-order valence-electron chi connectivity index (χ4n) is 3.16. The largest absolute Gasteiger partial charge is 0.493 e. The molecule has 0 atom stereocenters. The third-order valence-electron chi connectivity index (χ3n) is 5.23. The van der Waals surface area contributed by atoms with Gasteiger partial charge in [-0.15, -0.1) is 0 Å². The number of nitrogens with one attached hydrogen (secondary N) is 4. The van der Waals surface area contributed by atoms with Gasteiger partial charge in [0.05, 0.1) is 38.5 Å². The summed E-state index contributed by atoms with van der Waals surface area (Å²) in [6.45, 7) is 4.16. The van der Waals surface area contributed by atoms with Gasteiger partial charge in [0.1, 0.15) is 0 Å². The quantitative estimate of drug-likeness (QED) is 0.183. The van der Waals surface area contributed by atoms with Crippen molar-refractivity contribution in [3.05, 3.63) is 60.8 Å². The molecule has 200 valence electrons. The summed E-state index contributed by atoms with van der Waals surface area (Å²) in [5, 5.41) is 5.60. The van der Waals surface area contributed by atoms with E-state index < -0.39 is 21.9 Å². The summed E-state index contributed by atoms with van der Waals surface area (Å²) in [6, 6.07) is 9.58. The van der Waals surface area contributed by atoms with Crippen LogP contribution in [-0.2, 0) is 10.2 Å². The Morgan fingerprint density at radius 1 is 1.16 bits per heavy atom. The Labute approximate surface area is 215 Å². The SMILES string of the molecule is C=C(NC=C(F)C(N)=Nc1ccccc1NS(=O)(=O)NCC1CC1)Nc1cc(OC)c(OC)c(OC)c1. The van der Waals surface area contributed by atoms with Crippen molar-refractivity contribution in [3.8, 4) is 17.2 Å². The van der Waals surface area contributed by atoms with E-state index in [9.17, 15) is 12.8 Å². The summed E-state index contributed by atoms with van der Waals surface area (Å²) in [6.07, 6.45) is 2.98. The van der Waals surface area contributed by atoms with E-state index in [1.807, 2.05) is 0 Å². The highest BCUT2D eigenvalue weighted by molar-refractivity contribution is 7.90. The van der Waals surface area contributed by atoms with Gasteiger partial charge in [-0.1, -0.05) is 18.7 Å². The highest BCUT2D eigenvalue weighted by atomic mass is 32.2. The van der Waals surface area contributed by atoms with Gasteiger partial charge in [0, 0.05) is 30.6 Å². The monoisotopic (exact) mass is 534 g/mol. The predicted molar refractivity (Wildman–Crippen MR) is 142 cm³/mol. The summed E-state index contributed by atoms with van der Waals surface area (Å²) in [5.41, 5.74) is 6.66. The lowest BCUT2D eigenvalue weighted by Gasteiger charge is -2.16. The second kappa shape index (κ2) is 12.3. The van der Waals surface area contributed by atoms with Gasteiger partial charge in [-0.05, 0) is 30.9 Å². The number of para-hydroxylation sites is 2. The number of halogens is 1. The molecule has 37 heavy (non-hydrogen) atoms. The molecule has 3 rings (SSSR count). The van der Waals surface area contributed by atoms with Crippen molar-refractivity contribution >= 4 is 33.1 Å². The van der Waals surface area contributed by atoms with E-state index in [0.717, 1.165) is 19.0 Å². The number of methoxy groups -OCH3 is 3. The van der Waals surface area contributed by atoms with Crippen LogP contribution >= 0.6 is 0 Å². The lowest BCUT2D eigenvalue weighted by molar-refractivity contribution is 0.324. The van der Waals surface area contributed by atoms with Gasteiger partial charge in [-0.2, -0.15) is 13.1 Å². The van der Waals surface area contributed by atoms with E-state index in [1.54, 1.807) is 24.3 Å². The number of hydrogen-bond acceptors (Lipinski definition) is 8. The second-order valence-electron chi connectivity index (χ2n) is 8.07. The number of anilines is 2. The molecule has 0 bridgehead atoms. The van der Waals surface area contributed by atoms with Crippen LogP contribution in [0.4, 0.5) is 21.5 Å². The molecule has 0 amide bonds. The van der Waals surface area contributed by atoms with E-state index >= 15 is 0 Å². The van der Waals surface area contributed by atoms with Crippen LogP contribution in [0.2, 0.25) is 0 Å². The molecule has 0 aromatic heterocycles. The average molecular weight is 535 g/mol. The Hall–Kier alpha value is -3.97. The molecule has 13 heteroatoms. The van der Waals surface area contributed by atoms with Crippen LogP contribution in [0.3, 0.4) is 0 Å². The molecule has 1 aliphatic rings. The van der Waals surface area contributed by atoms with Gasteiger partial charge in [-0.25, -0.2) is 9.38 Å². The molecule has 0 unspecified atom stereocenters. The van der Waals surface area contributed by atoms with Gasteiger partial charge < -0.3 is 30.6 Å². The highest BCUT2D eigenvalue weighted by Gasteiger charge is 2.23. The molecular weight excluding hydrogens is 503 g/mol. The molecule has 0 spiro atoms. The molecule has 6 N–H and O–H groups in total. The first-order valence-electron chi connectivity index (χ1n) is 11.2. The van der Waals surface area contributed by atoms with E-state index in [2.05, 4.69) is 31.6 Å². The van der Waals surface area contributed by atoms with Crippen LogP contribution < -0.4 is 40.0 Å². The average Bonchev–Trinajstić information content (AvgIpc) is 3.71. The topological polar surface area (TPSA) is 148 Å². The molecule has 0 aliphatic heterocycles. The third-order valence-corrected chi connectivity index (χ3v) is 6.26. The summed E-state index contributed by atoms with van der Waals surface area (Å²) in [7, 11) is 0.659. The summed E-state index contributed by atoms with van der Waals surface area (Å²) in [5.74, 6) is 0.491. The fraction of sp³-hybridized carbons (Fsp3) is 0.292. The van der Waals surface area contributed by atoms with Gasteiger partial charge in [0.2, 0.25) is 5.75 Å². The molecule has 1 fully saturated rings. The van der Waals surface area contributed by atoms with Crippen LogP contribution in [-0.4, -0.2) is 42.1 Å². The van der Waals surface area contributed by atoms with Crippen molar-refractivity contribution in [1.82, 2.24) is 10.0 Å². The minimum absolute atomic E-state index is 0.148. The number of benzene rings is 2. The number of aliphatic imine (C=N–C) groups is 1. The second-order valence-corrected chi connectivity index (χ2v) is 9.57. The Kier molecular flexibility index (Phi) is 9.20. The predicted octanol–water partition coefficient (Wildman–Crippen LogP) is 3.34. The molecule has 0 heterocycles. The lowest BCUT2D eigenvalue weighted by atomic mass is 10.2. The number of nitrogens with two attached hydrogens (primary N) is 1. The van der Waals surface area contributed by atoms with E-state index in [1.165, 1.54) is 33.5 Å². The zero-order chi connectivity index (χ0) is 27.0. The Morgan fingerprint density at radius 3 is 2.41 bits per heavy atom. The number of rotatable bonds is 14. The molecule has 1 saturated carbocycles. The smallest absolute Gasteiger partial charge is 0.299 e. The standard InChI is InChI=1S/C24H31FN6O5S/c1-15(29-17-11-21(34-2)23(36-4)22(12-17)35-3)27-14-18(25)24(26)30-19-7-5-6-8-20(19)31-37(32,33)28-13-16-9-10-16/h5-8,11-12,14,16,27-29,31H,1,9-10,13H2,2-4H3,(H2,26,30). The number of amidine groups is 1. The first-order chi connectivity index (χ1) is 17.7. The molecule has 1 aliphatic carbocycles. The van der Waals surface area contributed by atoms with E-state index in [0.29, 0.717) is 35.4 Å². The Balaban J connectivity index is 1.67. The van der Waals surface area contributed by atoms with Crippen molar-refractivity contribution in [2.75, 3.05) is 37.9 Å². The maximum Gasteiger partial charge on any atom is 0.299 e. The Morgan fingerprint density at radius 2 is 1.81 bits per heavy atom. The Bertz CT molecular complexity index is 1270. The maximum absolute atomic E-state index is 14.7. The maximum atomic E-state index is 14.7. The fourth-order valence-corrected chi connectivity index (χ4v) is 4.15. The molecule has 11 nitrogen and oxygen atoms in total. The summed E-state index contributed by atoms with van der Waals surface area (Å²) >= 11 is 0. The van der Waals surface area contributed by atoms with Crippen molar-refractivity contribution in [3.63, 3.8) is 0 Å². The van der Waals surface area contributed by atoms with E-state index in [4.69, 9.17) is 19.9 Å². The van der Waals surface area contributed by atoms with Crippen molar-refractivity contribution in [1.29, 1.82) is 0 Å². The zero-order valence-corrected chi connectivity index (χ0v) is 21.6. The lowest BCUT2D eigenvalue weighted by Crippen LogP contribution is -2.31. The number of nitrogens with zero attached hydrogens (tertiary/aromatic N) is 1. The van der Waals surface area contributed by atoms with Crippen molar-refractivity contribution < 1.29 is 27.0 Å². The normalized spacial score (nSPS) is 14.1. The van der Waals surface area contributed by atoms with Gasteiger partial charge in [0.25, 0.3) is 10.2 Å². The first kappa shape index (κ1) is 27.6. The molecule has 2 aromatic carbocycles. The number of hydrogen-bond donors (Lipinski definition) is 5. The third kappa shape index (κ3) is 8.02. The van der Waals surface area contributed by atoms with Crippen LogP contribution in [0, 0.1) is 5.92 Å². The minimum Gasteiger partial charge on any atom is -0.493 e. The van der Waals surface area contributed by atoms with Crippen LogP contribution in [0.5, 0.6) is 17.2 Å². The molecule has 0 radical (unpaired) electrons. The zero-order valence-electron chi connectivity index (χ0n) is 20.8. The first-order valence-corrected chi connectivity index (χ1v) is 12.7. The van der Waals surface area contributed by atoms with Gasteiger partial charge in [-0.3, -0.25) is 4.72 Å². The van der Waals surface area contributed by atoms with Crippen molar-refractivity contribution in [2.45, 2.75) is 12.8 Å².